The van der Waals surface area contributed by atoms with Crippen molar-refractivity contribution in [2.45, 2.75) is 13.8 Å². The van der Waals surface area contributed by atoms with Crippen molar-refractivity contribution in [3.63, 3.8) is 0 Å². The van der Waals surface area contributed by atoms with Gasteiger partial charge in [-0.05, 0) is 30.0 Å². The monoisotopic (exact) mass is 281 g/mol. The lowest BCUT2D eigenvalue weighted by atomic mass is 10.0. The van der Waals surface area contributed by atoms with Gasteiger partial charge in [0, 0.05) is 18.8 Å². The predicted octanol–water partition coefficient (Wildman–Crippen LogP) is 2.45. The average Bonchev–Trinajstić information content (AvgIpc) is 2.63. The van der Waals surface area contributed by atoms with Gasteiger partial charge in [-0.25, -0.2) is 0 Å². The Balaban J connectivity index is 1.89. The fourth-order valence-corrected chi connectivity index (χ4v) is 2.52. The standard InChI is InChI=1S/C14H20ClN3O/c1-9-6-18(7-10(9)2)8-14(19)17-11-3-4-12(15)13(16)5-11/h3-5,9-10H,6-8,16H2,1-2H3,(H,17,19). The molecule has 1 aliphatic heterocycles. The molecule has 19 heavy (non-hydrogen) atoms. The zero-order valence-corrected chi connectivity index (χ0v) is 12.1. The van der Waals surface area contributed by atoms with Crippen LogP contribution < -0.4 is 11.1 Å². The van der Waals surface area contributed by atoms with Crippen molar-refractivity contribution in [1.29, 1.82) is 0 Å². The van der Waals surface area contributed by atoms with Gasteiger partial charge in [0.1, 0.15) is 0 Å². The molecule has 2 atom stereocenters. The third kappa shape index (κ3) is 3.61. The third-order valence-electron chi connectivity index (χ3n) is 3.71. The van der Waals surface area contributed by atoms with Crippen molar-refractivity contribution < 1.29 is 4.79 Å². The van der Waals surface area contributed by atoms with E-state index in [-0.39, 0.29) is 5.91 Å². The number of carbonyl (C=O) groups excluding carboxylic acids is 1. The molecule has 0 saturated carbocycles. The van der Waals surface area contributed by atoms with Crippen molar-refractivity contribution >= 4 is 28.9 Å². The highest BCUT2D eigenvalue weighted by molar-refractivity contribution is 6.33. The molecule has 3 N–H and O–H groups in total. The molecule has 1 aromatic rings. The molecule has 1 aromatic carbocycles. The van der Waals surface area contributed by atoms with Crippen LogP contribution in [0.1, 0.15) is 13.8 Å². The number of nitrogens with zero attached hydrogens (tertiary/aromatic N) is 1. The second-order valence-electron chi connectivity index (χ2n) is 5.43. The number of nitrogen functional groups attached to an aromatic ring is 1. The first kappa shape index (κ1) is 14.2. The van der Waals surface area contributed by atoms with Crippen LogP contribution in [0.3, 0.4) is 0 Å². The quantitative estimate of drug-likeness (QED) is 0.837. The molecular formula is C14H20ClN3O. The van der Waals surface area contributed by atoms with Crippen LogP contribution in [0.4, 0.5) is 11.4 Å². The summed E-state index contributed by atoms with van der Waals surface area (Å²) in [7, 11) is 0. The van der Waals surface area contributed by atoms with Crippen molar-refractivity contribution in [2.24, 2.45) is 11.8 Å². The van der Waals surface area contributed by atoms with Gasteiger partial charge >= 0.3 is 0 Å². The fraction of sp³-hybridized carbons (Fsp3) is 0.500. The van der Waals surface area contributed by atoms with E-state index in [2.05, 4.69) is 24.1 Å². The number of rotatable bonds is 3. The molecule has 0 radical (unpaired) electrons. The summed E-state index contributed by atoms with van der Waals surface area (Å²) in [6.45, 7) is 6.84. The number of carbonyl (C=O) groups is 1. The smallest absolute Gasteiger partial charge is 0.238 e. The van der Waals surface area contributed by atoms with E-state index in [1.807, 2.05) is 0 Å². The highest BCUT2D eigenvalue weighted by Gasteiger charge is 2.27. The van der Waals surface area contributed by atoms with Gasteiger partial charge in [-0.15, -0.1) is 0 Å². The van der Waals surface area contributed by atoms with E-state index in [4.69, 9.17) is 17.3 Å². The molecule has 0 aromatic heterocycles. The summed E-state index contributed by atoms with van der Waals surface area (Å²) >= 11 is 5.84. The first-order chi connectivity index (χ1) is 8.95. The highest BCUT2D eigenvalue weighted by atomic mass is 35.5. The van der Waals surface area contributed by atoms with Gasteiger partial charge in [0.15, 0.2) is 0 Å². The maximum absolute atomic E-state index is 12.0. The Kier molecular flexibility index (Phi) is 4.32. The molecule has 2 rings (SSSR count). The predicted molar refractivity (Wildman–Crippen MR) is 79.3 cm³/mol. The van der Waals surface area contributed by atoms with Gasteiger partial charge in [0.25, 0.3) is 0 Å². The summed E-state index contributed by atoms with van der Waals surface area (Å²) < 4.78 is 0. The lowest BCUT2D eigenvalue weighted by Crippen LogP contribution is -2.31. The first-order valence-corrected chi connectivity index (χ1v) is 6.90. The van der Waals surface area contributed by atoms with Gasteiger partial charge < -0.3 is 11.1 Å². The lowest BCUT2D eigenvalue weighted by Gasteiger charge is -2.15. The number of anilines is 2. The minimum Gasteiger partial charge on any atom is -0.397 e. The number of nitrogens with one attached hydrogen (secondary N) is 1. The van der Waals surface area contributed by atoms with Gasteiger partial charge in [-0.2, -0.15) is 0 Å². The number of likely N-dealkylation sites (tertiary alicyclic amines) is 1. The Morgan fingerprint density at radius 3 is 2.63 bits per heavy atom. The highest BCUT2D eigenvalue weighted by Crippen LogP contribution is 2.23. The van der Waals surface area contributed by atoms with E-state index >= 15 is 0 Å². The topological polar surface area (TPSA) is 58.4 Å². The number of amides is 1. The van der Waals surface area contributed by atoms with Crippen LogP contribution in [-0.2, 0) is 4.79 Å². The Labute approximate surface area is 118 Å². The minimum atomic E-state index is -0.0111. The molecule has 0 spiro atoms. The van der Waals surface area contributed by atoms with E-state index in [1.165, 1.54) is 0 Å². The Hall–Kier alpha value is -1.26. The molecule has 1 amide bonds. The van der Waals surface area contributed by atoms with Crippen LogP contribution in [0.5, 0.6) is 0 Å². The molecule has 0 bridgehead atoms. The number of hydrogen-bond acceptors (Lipinski definition) is 3. The summed E-state index contributed by atoms with van der Waals surface area (Å²) in [5.41, 5.74) is 6.86. The molecule has 1 heterocycles. The molecule has 5 heteroatoms. The minimum absolute atomic E-state index is 0.0111. The zero-order valence-electron chi connectivity index (χ0n) is 11.3. The Bertz CT molecular complexity index is 468. The number of nitrogens with two attached hydrogens (primary N) is 1. The third-order valence-corrected chi connectivity index (χ3v) is 4.05. The zero-order chi connectivity index (χ0) is 14.0. The molecule has 2 unspecified atom stereocenters. The van der Waals surface area contributed by atoms with Crippen LogP contribution in [0.25, 0.3) is 0 Å². The summed E-state index contributed by atoms with van der Waals surface area (Å²) in [4.78, 5) is 14.1. The normalized spacial score (nSPS) is 23.5. The number of hydrogen-bond donors (Lipinski definition) is 2. The van der Waals surface area contributed by atoms with Crippen LogP contribution in [-0.4, -0.2) is 30.4 Å². The molecule has 0 aliphatic carbocycles. The summed E-state index contributed by atoms with van der Waals surface area (Å²) in [6.07, 6.45) is 0. The Morgan fingerprint density at radius 1 is 1.42 bits per heavy atom. The maximum atomic E-state index is 12.0. The van der Waals surface area contributed by atoms with Crippen molar-refractivity contribution in [1.82, 2.24) is 4.90 Å². The van der Waals surface area contributed by atoms with Crippen LogP contribution in [0.2, 0.25) is 5.02 Å². The van der Waals surface area contributed by atoms with Gasteiger partial charge in [-0.1, -0.05) is 25.4 Å². The fourth-order valence-electron chi connectivity index (χ4n) is 2.40. The molecule has 1 aliphatic rings. The van der Waals surface area contributed by atoms with Gasteiger partial charge in [0.05, 0.1) is 17.3 Å². The molecule has 1 saturated heterocycles. The van der Waals surface area contributed by atoms with Crippen LogP contribution >= 0.6 is 11.6 Å². The van der Waals surface area contributed by atoms with E-state index in [0.29, 0.717) is 34.8 Å². The molecule has 4 nitrogen and oxygen atoms in total. The second kappa shape index (κ2) is 5.80. The van der Waals surface area contributed by atoms with Crippen molar-refractivity contribution in [3.8, 4) is 0 Å². The van der Waals surface area contributed by atoms with Gasteiger partial charge in [0.2, 0.25) is 5.91 Å². The Morgan fingerprint density at radius 2 is 2.05 bits per heavy atom. The van der Waals surface area contributed by atoms with Gasteiger partial charge in [-0.3, -0.25) is 9.69 Å². The lowest BCUT2D eigenvalue weighted by molar-refractivity contribution is -0.117. The summed E-state index contributed by atoms with van der Waals surface area (Å²) in [5.74, 6) is 1.29. The van der Waals surface area contributed by atoms with E-state index in [9.17, 15) is 4.79 Å². The largest absolute Gasteiger partial charge is 0.397 e. The number of benzene rings is 1. The van der Waals surface area contributed by atoms with E-state index < -0.39 is 0 Å². The summed E-state index contributed by atoms with van der Waals surface area (Å²) in [6, 6.07) is 5.12. The first-order valence-electron chi connectivity index (χ1n) is 6.53. The van der Waals surface area contributed by atoms with Crippen molar-refractivity contribution in [3.05, 3.63) is 23.2 Å². The molecular weight excluding hydrogens is 262 g/mol. The maximum Gasteiger partial charge on any atom is 0.238 e. The van der Waals surface area contributed by atoms with Crippen LogP contribution in [0, 0.1) is 11.8 Å². The summed E-state index contributed by atoms with van der Waals surface area (Å²) in [5, 5.41) is 3.35. The SMILES string of the molecule is CC1CN(CC(=O)Nc2ccc(Cl)c(N)c2)CC1C. The number of halogens is 1. The molecule has 1 fully saturated rings. The average molecular weight is 282 g/mol. The van der Waals surface area contributed by atoms with Crippen molar-refractivity contribution in [2.75, 3.05) is 30.7 Å². The second-order valence-corrected chi connectivity index (χ2v) is 5.84. The van der Waals surface area contributed by atoms with E-state index in [1.54, 1.807) is 18.2 Å². The molecule has 104 valence electrons. The van der Waals surface area contributed by atoms with Crippen LogP contribution in [0.15, 0.2) is 18.2 Å². The van der Waals surface area contributed by atoms with E-state index in [0.717, 1.165) is 13.1 Å².